The van der Waals surface area contributed by atoms with Gasteiger partial charge in [0.15, 0.2) is 5.96 Å². The van der Waals surface area contributed by atoms with Gasteiger partial charge in [-0.3, -0.25) is 5.41 Å². The van der Waals surface area contributed by atoms with Gasteiger partial charge in [-0.25, -0.2) is 4.79 Å². The maximum Gasteiger partial charge on any atom is 1.00 e. The van der Waals surface area contributed by atoms with Gasteiger partial charge in [-0.15, -0.1) is 0 Å². The van der Waals surface area contributed by atoms with Crippen molar-refractivity contribution in [3.05, 3.63) is 0 Å². The fourth-order valence-electron chi connectivity index (χ4n) is 3.86. The van der Waals surface area contributed by atoms with E-state index >= 15 is 0 Å². The molecule has 196 valence electrons. The maximum atomic E-state index is 12.2. The zero-order chi connectivity index (χ0) is 24.6. The second-order valence-electron chi connectivity index (χ2n) is 9.19. The van der Waals surface area contributed by atoms with Crippen LogP contribution in [0.4, 0.5) is 0 Å². The minimum Gasteiger partial charge on any atom is -1.00 e. The second kappa shape index (κ2) is 27.4. The summed E-state index contributed by atoms with van der Waals surface area (Å²) in [5, 5.41) is 9.16. The topological polar surface area (TPSA) is 118 Å². The number of carbonyl (C=O) groups is 1. The van der Waals surface area contributed by atoms with Crippen LogP contribution >= 0.6 is 0 Å². The Kier molecular flexibility index (Phi) is 29.1. The van der Waals surface area contributed by atoms with Crippen molar-refractivity contribution in [3.8, 4) is 0 Å². The molecule has 0 aliphatic rings. The number of nitrogens with zero attached hydrogens (tertiary/aromatic N) is 2. The second-order valence-corrected chi connectivity index (χ2v) is 9.19. The van der Waals surface area contributed by atoms with E-state index in [0.717, 1.165) is 44.9 Å². The molecular formula is C26H54KN5O2. The van der Waals surface area contributed by atoms with Gasteiger partial charge in [0.25, 0.3) is 5.96 Å². The van der Waals surface area contributed by atoms with Crippen LogP contribution in [0.3, 0.4) is 0 Å². The molecule has 0 aliphatic heterocycles. The van der Waals surface area contributed by atoms with Crippen molar-refractivity contribution in [1.82, 2.24) is 5.06 Å². The molecule has 7 nitrogen and oxygen atoms in total. The van der Waals surface area contributed by atoms with E-state index in [4.69, 9.17) is 21.7 Å². The molecule has 5 N–H and O–H groups in total. The molecule has 0 bridgehead atoms. The first kappa shape index (κ1) is 36.0. The van der Waals surface area contributed by atoms with Gasteiger partial charge in [0.1, 0.15) is 0 Å². The Balaban J connectivity index is -0.00000512. The summed E-state index contributed by atoms with van der Waals surface area (Å²) in [5.74, 6) is -0.760. The molecule has 0 rings (SSSR count). The van der Waals surface area contributed by atoms with Gasteiger partial charge >= 0.3 is 57.4 Å². The Morgan fingerprint density at radius 3 is 1.53 bits per heavy atom. The SMILES string of the molecule is CCCCCCCCCCCCCCCCCC(=O)ON(CCCCCC)C(=N)N=C(N)N.[H-].[K+]. The average Bonchev–Trinajstić information content (AvgIpc) is 2.78. The van der Waals surface area contributed by atoms with Gasteiger partial charge in [0.2, 0.25) is 0 Å². The van der Waals surface area contributed by atoms with Gasteiger partial charge in [-0.05, 0) is 12.8 Å². The third-order valence-electron chi connectivity index (χ3n) is 5.88. The first-order chi connectivity index (χ1) is 16.0. The van der Waals surface area contributed by atoms with Crippen LogP contribution in [0.2, 0.25) is 0 Å². The first-order valence-electron chi connectivity index (χ1n) is 13.7. The van der Waals surface area contributed by atoms with E-state index in [9.17, 15) is 4.79 Å². The van der Waals surface area contributed by atoms with E-state index in [1.807, 2.05) is 0 Å². The van der Waals surface area contributed by atoms with Crippen LogP contribution in [0, 0.1) is 5.41 Å². The van der Waals surface area contributed by atoms with E-state index in [1.54, 1.807) is 0 Å². The molecular weight excluding hydrogens is 453 g/mol. The van der Waals surface area contributed by atoms with E-state index < -0.39 is 0 Å². The van der Waals surface area contributed by atoms with Crippen molar-refractivity contribution in [2.75, 3.05) is 6.54 Å². The molecule has 0 unspecified atom stereocenters. The van der Waals surface area contributed by atoms with Crippen molar-refractivity contribution in [2.45, 2.75) is 142 Å². The van der Waals surface area contributed by atoms with Gasteiger partial charge in [-0.2, -0.15) is 10.1 Å². The van der Waals surface area contributed by atoms with Crippen LogP contribution in [-0.2, 0) is 9.63 Å². The van der Waals surface area contributed by atoms with Gasteiger partial charge in [0, 0.05) is 6.42 Å². The molecule has 34 heavy (non-hydrogen) atoms. The Bertz CT molecular complexity index is 520. The molecule has 8 heteroatoms. The zero-order valence-corrected chi connectivity index (χ0v) is 25.8. The Morgan fingerprint density at radius 1 is 0.735 bits per heavy atom. The molecule has 0 aromatic carbocycles. The molecule has 0 spiro atoms. The molecule has 0 aromatic rings. The van der Waals surface area contributed by atoms with Crippen molar-refractivity contribution in [3.63, 3.8) is 0 Å². The molecule has 0 aromatic heterocycles. The first-order valence-corrected chi connectivity index (χ1v) is 13.7. The largest absolute Gasteiger partial charge is 1.00 e. The molecule has 0 amide bonds. The predicted molar refractivity (Wildman–Crippen MR) is 141 cm³/mol. The number of guanidine groups is 2. The summed E-state index contributed by atoms with van der Waals surface area (Å²) >= 11 is 0. The number of nitrogens with two attached hydrogens (primary N) is 2. The minimum atomic E-state index is -0.323. The number of hydrogen-bond acceptors (Lipinski definition) is 3. The van der Waals surface area contributed by atoms with Crippen LogP contribution in [0.1, 0.15) is 144 Å². The van der Waals surface area contributed by atoms with Gasteiger partial charge < -0.3 is 17.7 Å². The molecule has 0 saturated carbocycles. The predicted octanol–water partition coefficient (Wildman–Crippen LogP) is 3.91. The van der Waals surface area contributed by atoms with Crippen LogP contribution in [-0.4, -0.2) is 29.5 Å². The molecule has 0 fully saturated rings. The molecule has 0 atom stereocenters. The Morgan fingerprint density at radius 2 is 1.12 bits per heavy atom. The molecule has 0 aliphatic carbocycles. The van der Waals surface area contributed by atoms with Crippen molar-refractivity contribution >= 4 is 17.9 Å². The average molecular weight is 508 g/mol. The maximum absolute atomic E-state index is 12.2. The fourth-order valence-corrected chi connectivity index (χ4v) is 3.86. The summed E-state index contributed by atoms with van der Waals surface area (Å²) in [4.78, 5) is 21.3. The number of rotatable bonds is 21. The van der Waals surface area contributed by atoms with Crippen LogP contribution in [0.25, 0.3) is 0 Å². The summed E-state index contributed by atoms with van der Waals surface area (Å²) in [6, 6.07) is 0. The zero-order valence-electron chi connectivity index (χ0n) is 23.7. The third-order valence-corrected chi connectivity index (χ3v) is 5.88. The molecule has 0 saturated heterocycles. The van der Waals surface area contributed by atoms with E-state index in [0.29, 0.717) is 13.0 Å². The summed E-state index contributed by atoms with van der Waals surface area (Å²) in [7, 11) is 0. The normalized spacial score (nSPS) is 10.4. The third kappa shape index (κ3) is 25.0. The van der Waals surface area contributed by atoms with Crippen molar-refractivity contribution in [1.29, 1.82) is 5.41 Å². The van der Waals surface area contributed by atoms with Gasteiger partial charge in [-0.1, -0.05) is 123 Å². The Labute approximate surface area is 254 Å². The van der Waals surface area contributed by atoms with Gasteiger partial charge in [0.05, 0.1) is 6.54 Å². The van der Waals surface area contributed by atoms with E-state index in [2.05, 4.69) is 18.8 Å². The number of unbranched alkanes of at least 4 members (excludes halogenated alkanes) is 17. The number of hydrogen-bond donors (Lipinski definition) is 3. The van der Waals surface area contributed by atoms with E-state index in [1.165, 1.54) is 82.1 Å². The fraction of sp³-hybridized carbons (Fsp3) is 0.885. The quantitative estimate of drug-likeness (QED) is 0.0715. The summed E-state index contributed by atoms with van der Waals surface area (Å²) in [5.41, 5.74) is 10.7. The number of carbonyl (C=O) groups excluding carboxylic acids is 1. The van der Waals surface area contributed by atoms with Crippen LogP contribution in [0.5, 0.6) is 0 Å². The van der Waals surface area contributed by atoms with Crippen LogP contribution in [0.15, 0.2) is 4.99 Å². The van der Waals surface area contributed by atoms with Crippen molar-refractivity contribution in [2.24, 2.45) is 16.5 Å². The Hall–Kier alpha value is -0.154. The monoisotopic (exact) mass is 507 g/mol. The number of hydroxylamine groups is 2. The number of nitrogens with one attached hydrogen (secondary N) is 1. The summed E-state index contributed by atoms with van der Waals surface area (Å²) in [6.07, 6.45) is 23.8. The smallest absolute Gasteiger partial charge is 1.00 e. The number of aliphatic imine (C=N–C) groups is 1. The van der Waals surface area contributed by atoms with Crippen LogP contribution < -0.4 is 62.9 Å². The standard InChI is InChI=1S/C26H53N5O2.K.H/c1-3-5-7-9-10-11-12-13-14-15-16-17-18-19-20-22-24(32)33-31(23-21-8-6-4-2)26(29)30-25(27)28;;/h3-23H2,1-2H3,(H5,27,28,29,30);;/q;+1;-1. The molecule has 0 radical (unpaired) electrons. The minimum absolute atomic E-state index is 0. The summed E-state index contributed by atoms with van der Waals surface area (Å²) < 4.78 is 0. The van der Waals surface area contributed by atoms with E-state index in [-0.39, 0.29) is 70.7 Å². The summed E-state index contributed by atoms with van der Waals surface area (Å²) in [6.45, 7) is 4.83. The molecule has 0 heterocycles. The van der Waals surface area contributed by atoms with Crippen molar-refractivity contribution < 1.29 is 62.4 Å².